The van der Waals surface area contributed by atoms with Crippen molar-refractivity contribution in [3.63, 3.8) is 0 Å². The summed E-state index contributed by atoms with van der Waals surface area (Å²) in [6, 6.07) is 6.88. The molecular formula is C16H19NO3. The Morgan fingerprint density at radius 2 is 2.00 bits per heavy atom. The summed E-state index contributed by atoms with van der Waals surface area (Å²) in [6.07, 6.45) is 5.13. The normalized spacial score (nSPS) is 16.1. The Balaban J connectivity index is 1.88. The van der Waals surface area contributed by atoms with Crippen molar-refractivity contribution in [1.82, 2.24) is 5.32 Å². The van der Waals surface area contributed by atoms with Crippen LogP contribution in [0.3, 0.4) is 0 Å². The second-order valence-electron chi connectivity index (χ2n) is 5.32. The first-order valence-corrected chi connectivity index (χ1v) is 6.85. The molecule has 0 bridgehead atoms. The Morgan fingerprint density at radius 1 is 1.35 bits per heavy atom. The van der Waals surface area contributed by atoms with Crippen LogP contribution < -0.4 is 5.32 Å². The summed E-state index contributed by atoms with van der Waals surface area (Å²) in [6.45, 7) is 2.88. The average molecular weight is 273 g/mol. The number of rotatable bonds is 6. The molecule has 0 spiro atoms. The minimum Gasteiger partial charge on any atom is -0.478 e. The van der Waals surface area contributed by atoms with Gasteiger partial charge in [0.15, 0.2) is 0 Å². The average Bonchev–Trinajstić information content (AvgIpc) is 3.27. The van der Waals surface area contributed by atoms with Crippen LogP contribution in [-0.2, 0) is 4.79 Å². The van der Waals surface area contributed by atoms with Crippen molar-refractivity contribution < 1.29 is 14.7 Å². The fourth-order valence-corrected chi connectivity index (χ4v) is 2.10. The Hall–Kier alpha value is -2.10. The van der Waals surface area contributed by atoms with Gasteiger partial charge < -0.3 is 10.4 Å². The van der Waals surface area contributed by atoms with E-state index in [2.05, 4.69) is 12.2 Å². The molecular weight excluding hydrogens is 254 g/mol. The van der Waals surface area contributed by atoms with Crippen LogP contribution in [0, 0.1) is 11.8 Å². The van der Waals surface area contributed by atoms with Gasteiger partial charge in [-0.05, 0) is 48.4 Å². The quantitative estimate of drug-likeness (QED) is 0.783. The summed E-state index contributed by atoms with van der Waals surface area (Å²) in [5.41, 5.74) is 1.36. The van der Waals surface area contributed by atoms with Gasteiger partial charge in [-0.2, -0.15) is 0 Å². The topological polar surface area (TPSA) is 66.4 Å². The van der Waals surface area contributed by atoms with E-state index in [4.69, 9.17) is 5.11 Å². The van der Waals surface area contributed by atoms with E-state index in [-0.39, 0.29) is 5.91 Å². The number of hydrogen-bond acceptors (Lipinski definition) is 2. The number of aliphatic carboxylic acids is 1. The molecule has 4 nitrogen and oxygen atoms in total. The fourth-order valence-electron chi connectivity index (χ4n) is 2.10. The number of carbonyl (C=O) groups excluding carboxylic acids is 1. The Bertz CT molecular complexity index is 515. The Morgan fingerprint density at radius 3 is 2.55 bits per heavy atom. The van der Waals surface area contributed by atoms with Crippen LogP contribution in [0.25, 0.3) is 6.08 Å². The molecule has 0 aliphatic heterocycles. The van der Waals surface area contributed by atoms with Crippen LogP contribution in [-0.4, -0.2) is 23.5 Å². The van der Waals surface area contributed by atoms with Crippen molar-refractivity contribution in [3.8, 4) is 0 Å². The van der Waals surface area contributed by atoms with Gasteiger partial charge in [0, 0.05) is 18.2 Å². The van der Waals surface area contributed by atoms with Crippen molar-refractivity contribution in [2.24, 2.45) is 11.8 Å². The standard InChI is InChI=1S/C16H19NO3/c1-11(13-7-8-13)10-17-16(20)14-5-2-12(3-6-14)4-9-15(18)19/h2-6,9,11,13H,7-8,10H2,1H3,(H,17,20)(H,18,19)/b9-4+. The molecule has 2 rings (SSSR count). The van der Waals surface area contributed by atoms with E-state index < -0.39 is 5.97 Å². The minimum atomic E-state index is -0.985. The molecule has 1 aliphatic rings. The van der Waals surface area contributed by atoms with Gasteiger partial charge in [0.05, 0.1) is 0 Å². The zero-order valence-electron chi connectivity index (χ0n) is 11.5. The lowest BCUT2D eigenvalue weighted by atomic mass is 10.1. The van der Waals surface area contributed by atoms with E-state index in [1.54, 1.807) is 24.3 Å². The molecule has 1 saturated carbocycles. The summed E-state index contributed by atoms with van der Waals surface area (Å²) in [5, 5.41) is 11.5. The Labute approximate surface area is 118 Å². The maximum absolute atomic E-state index is 11.9. The van der Waals surface area contributed by atoms with Gasteiger partial charge in [0.25, 0.3) is 5.91 Å². The first-order valence-electron chi connectivity index (χ1n) is 6.85. The number of carboxylic acid groups (broad SMARTS) is 1. The molecule has 0 heterocycles. The van der Waals surface area contributed by atoms with E-state index in [0.29, 0.717) is 18.0 Å². The van der Waals surface area contributed by atoms with Crippen molar-refractivity contribution >= 4 is 18.0 Å². The molecule has 1 aromatic rings. The number of benzene rings is 1. The van der Waals surface area contributed by atoms with Crippen molar-refractivity contribution in [2.45, 2.75) is 19.8 Å². The van der Waals surface area contributed by atoms with Gasteiger partial charge in [0.1, 0.15) is 0 Å². The number of carboxylic acids is 1. The highest BCUT2D eigenvalue weighted by molar-refractivity contribution is 5.94. The number of amides is 1. The second kappa shape index (κ2) is 6.37. The monoisotopic (exact) mass is 273 g/mol. The molecule has 106 valence electrons. The lowest BCUT2D eigenvalue weighted by Crippen LogP contribution is -2.28. The second-order valence-corrected chi connectivity index (χ2v) is 5.32. The van der Waals surface area contributed by atoms with Gasteiger partial charge >= 0.3 is 5.97 Å². The van der Waals surface area contributed by atoms with E-state index in [0.717, 1.165) is 17.6 Å². The third-order valence-electron chi connectivity index (χ3n) is 3.60. The molecule has 20 heavy (non-hydrogen) atoms. The minimum absolute atomic E-state index is 0.0775. The molecule has 1 aromatic carbocycles. The van der Waals surface area contributed by atoms with Gasteiger partial charge in [-0.1, -0.05) is 19.1 Å². The SMILES string of the molecule is CC(CNC(=O)c1ccc(/C=C/C(=O)O)cc1)C1CC1. The van der Waals surface area contributed by atoms with E-state index in [1.165, 1.54) is 18.9 Å². The molecule has 1 aliphatic carbocycles. The number of nitrogens with one attached hydrogen (secondary N) is 1. The van der Waals surface area contributed by atoms with Crippen LogP contribution in [0.5, 0.6) is 0 Å². The molecule has 0 saturated heterocycles. The highest BCUT2D eigenvalue weighted by Gasteiger charge is 2.27. The first-order chi connectivity index (χ1) is 9.56. The maximum atomic E-state index is 11.9. The first kappa shape index (κ1) is 14.3. The lowest BCUT2D eigenvalue weighted by Gasteiger charge is -2.11. The van der Waals surface area contributed by atoms with Crippen molar-refractivity contribution in [3.05, 3.63) is 41.5 Å². The zero-order valence-corrected chi connectivity index (χ0v) is 11.5. The van der Waals surface area contributed by atoms with Gasteiger partial charge in [0.2, 0.25) is 0 Å². The maximum Gasteiger partial charge on any atom is 0.328 e. The van der Waals surface area contributed by atoms with E-state index in [9.17, 15) is 9.59 Å². The molecule has 1 fully saturated rings. The van der Waals surface area contributed by atoms with Crippen LogP contribution in [0.2, 0.25) is 0 Å². The fraction of sp³-hybridized carbons (Fsp3) is 0.375. The summed E-state index contributed by atoms with van der Waals surface area (Å²) in [5.74, 6) is 0.253. The lowest BCUT2D eigenvalue weighted by molar-refractivity contribution is -0.131. The van der Waals surface area contributed by atoms with Crippen LogP contribution in [0.15, 0.2) is 30.3 Å². The molecule has 0 aromatic heterocycles. The van der Waals surface area contributed by atoms with E-state index in [1.807, 2.05) is 0 Å². The number of hydrogen-bond donors (Lipinski definition) is 2. The summed E-state index contributed by atoms with van der Waals surface area (Å²) in [4.78, 5) is 22.4. The van der Waals surface area contributed by atoms with Crippen LogP contribution in [0.1, 0.15) is 35.7 Å². The Kier molecular flexibility index (Phi) is 4.56. The largest absolute Gasteiger partial charge is 0.478 e. The highest BCUT2D eigenvalue weighted by Crippen LogP contribution is 2.36. The predicted octanol–water partition coefficient (Wildman–Crippen LogP) is 2.56. The molecule has 4 heteroatoms. The third-order valence-corrected chi connectivity index (χ3v) is 3.60. The predicted molar refractivity (Wildman–Crippen MR) is 77.3 cm³/mol. The van der Waals surface area contributed by atoms with Gasteiger partial charge in [-0.3, -0.25) is 4.79 Å². The molecule has 1 amide bonds. The van der Waals surface area contributed by atoms with Gasteiger partial charge in [-0.15, -0.1) is 0 Å². The molecule has 0 radical (unpaired) electrons. The van der Waals surface area contributed by atoms with E-state index >= 15 is 0 Å². The van der Waals surface area contributed by atoms with Gasteiger partial charge in [-0.25, -0.2) is 4.79 Å². The van der Waals surface area contributed by atoms with Crippen molar-refractivity contribution in [1.29, 1.82) is 0 Å². The van der Waals surface area contributed by atoms with Crippen LogP contribution in [0.4, 0.5) is 0 Å². The summed E-state index contributed by atoms with van der Waals surface area (Å²) in [7, 11) is 0. The summed E-state index contributed by atoms with van der Waals surface area (Å²) < 4.78 is 0. The third kappa shape index (κ3) is 4.23. The molecule has 1 unspecified atom stereocenters. The zero-order chi connectivity index (χ0) is 14.5. The summed E-state index contributed by atoms with van der Waals surface area (Å²) >= 11 is 0. The smallest absolute Gasteiger partial charge is 0.328 e. The molecule has 1 atom stereocenters. The molecule has 2 N–H and O–H groups in total. The van der Waals surface area contributed by atoms with Crippen LogP contribution >= 0.6 is 0 Å². The van der Waals surface area contributed by atoms with Crippen molar-refractivity contribution in [2.75, 3.05) is 6.54 Å². The highest BCUT2D eigenvalue weighted by atomic mass is 16.4. The number of carbonyl (C=O) groups is 2.